The molecular formula is C17H15FN2O3. The summed E-state index contributed by atoms with van der Waals surface area (Å²) in [5.74, 6) is -0.201. The van der Waals surface area contributed by atoms with Crippen molar-refractivity contribution in [2.45, 2.75) is 6.61 Å². The van der Waals surface area contributed by atoms with E-state index in [0.717, 1.165) is 0 Å². The monoisotopic (exact) mass is 314 g/mol. The van der Waals surface area contributed by atoms with E-state index in [-0.39, 0.29) is 18.1 Å². The zero-order chi connectivity index (χ0) is 16.7. The van der Waals surface area contributed by atoms with Gasteiger partial charge in [0, 0.05) is 5.56 Å². The highest BCUT2D eigenvalue weighted by Gasteiger charge is 2.14. The highest BCUT2D eigenvalue weighted by Crippen LogP contribution is 2.30. The minimum absolute atomic E-state index is 0.0204. The van der Waals surface area contributed by atoms with Crippen molar-refractivity contribution in [3.8, 4) is 17.6 Å². The Morgan fingerprint density at radius 2 is 1.96 bits per heavy atom. The molecule has 0 aliphatic heterocycles. The van der Waals surface area contributed by atoms with Gasteiger partial charge < -0.3 is 14.3 Å². The number of hydrogen-bond donors (Lipinski definition) is 0. The second-order valence-corrected chi connectivity index (χ2v) is 4.45. The lowest BCUT2D eigenvalue weighted by Gasteiger charge is -2.13. The summed E-state index contributed by atoms with van der Waals surface area (Å²) in [6, 6.07) is 13.4. The molecule has 0 N–H and O–H groups in total. The van der Waals surface area contributed by atoms with Crippen LogP contribution in [0.15, 0.2) is 47.6 Å². The highest BCUT2D eigenvalue weighted by molar-refractivity contribution is 6.12. The van der Waals surface area contributed by atoms with Crippen LogP contribution in [0.2, 0.25) is 0 Å². The van der Waals surface area contributed by atoms with Gasteiger partial charge in [0.1, 0.15) is 19.8 Å². The smallest absolute Gasteiger partial charge is 0.197 e. The van der Waals surface area contributed by atoms with Gasteiger partial charge in [-0.15, -0.1) is 0 Å². The first kappa shape index (κ1) is 16.3. The fraction of sp³-hybridized carbons (Fsp3) is 0.176. The molecule has 0 saturated heterocycles. The SMILES string of the molecule is CON=C(C#N)c1ccccc1COc1c(F)cccc1OC. The van der Waals surface area contributed by atoms with E-state index in [2.05, 4.69) is 9.99 Å². The number of halogens is 1. The van der Waals surface area contributed by atoms with Crippen molar-refractivity contribution in [2.24, 2.45) is 5.16 Å². The van der Waals surface area contributed by atoms with Crippen LogP contribution in [0.25, 0.3) is 0 Å². The molecule has 2 aromatic carbocycles. The van der Waals surface area contributed by atoms with Crippen molar-refractivity contribution < 1.29 is 18.7 Å². The molecule has 0 radical (unpaired) electrons. The minimum atomic E-state index is -0.520. The van der Waals surface area contributed by atoms with Crippen LogP contribution in [0, 0.1) is 17.1 Å². The molecule has 0 saturated carbocycles. The zero-order valence-corrected chi connectivity index (χ0v) is 12.7. The van der Waals surface area contributed by atoms with Crippen LogP contribution in [0.5, 0.6) is 11.5 Å². The number of benzene rings is 2. The third-order valence-electron chi connectivity index (χ3n) is 3.08. The van der Waals surface area contributed by atoms with Crippen molar-refractivity contribution in [3.05, 3.63) is 59.4 Å². The molecule has 23 heavy (non-hydrogen) atoms. The molecule has 5 nitrogen and oxygen atoms in total. The molecule has 2 aromatic rings. The van der Waals surface area contributed by atoms with Crippen LogP contribution >= 0.6 is 0 Å². The Bertz CT molecular complexity index is 754. The Hall–Kier alpha value is -3.07. The van der Waals surface area contributed by atoms with E-state index in [1.807, 2.05) is 6.07 Å². The maximum Gasteiger partial charge on any atom is 0.197 e. The third kappa shape index (κ3) is 3.77. The molecule has 2 rings (SSSR count). The van der Waals surface area contributed by atoms with Crippen molar-refractivity contribution >= 4 is 5.71 Å². The molecule has 0 amide bonds. The maximum atomic E-state index is 13.9. The number of para-hydroxylation sites is 1. The Balaban J connectivity index is 2.29. The number of nitrogens with zero attached hydrogens (tertiary/aromatic N) is 2. The summed E-state index contributed by atoms with van der Waals surface area (Å²) >= 11 is 0. The van der Waals surface area contributed by atoms with E-state index in [1.54, 1.807) is 30.3 Å². The summed E-state index contributed by atoms with van der Waals surface area (Å²) in [4.78, 5) is 4.67. The second kappa shape index (κ2) is 7.80. The number of methoxy groups -OCH3 is 1. The fourth-order valence-electron chi connectivity index (χ4n) is 2.04. The lowest BCUT2D eigenvalue weighted by molar-refractivity contribution is 0.214. The molecule has 0 aliphatic rings. The van der Waals surface area contributed by atoms with Gasteiger partial charge in [0.25, 0.3) is 0 Å². The number of nitriles is 1. The Labute approximate surface area is 133 Å². The minimum Gasteiger partial charge on any atom is -0.493 e. The third-order valence-corrected chi connectivity index (χ3v) is 3.08. The fourth-order valence-corrected chi connectivity index (χ4v) is 2.04. The van der Waals surface area contributed by atoms with Gasteiger partial charge in [-0.2, -0.15) is 5.26 Å². The lowest BCUT2D eigenvalue weighted by atomic mass is 10.0. The Kier molecular flexibility index (Phi) is 5.53. The summed E-state index contributed by atoms with van der Waals surface area (Å²) < 4.78 is 24.5. The molecule has 0 spiro atoms. The topological polar surface area (TPSA) is 63.8 Å². The predicted octanol–water partition coefficient (Wildman–Crippen LogP) is 3.29. The van der Waals surface area contributed by atoms with Gasteiger partial charge in [-0.3, -0.25) is 0 Å². The zero-order valence-electron chi connectivity index (χ0n) is 12.7. The average molecular weight is 314 g/mol. The number of hydrogen-bond acceptors (Lipinski definition) is 5. The van der Waals surface area contributed by atoms with E-state index >= 15 is 0 Å². The van der Waals surface area contributed by atoms with Crippen LogP contribution in [-0.2, 0) is 11.4 Å². The molecule has 0 aliphatic carbocycles. The number of rotatable bonds is 6. The van der Waals surface area contributed by atoms with E-state index < -0.39 is 5.82 Å². The molecule has 0 bridgehead atoms. The van der Waals surface area contributed by atoms with Gasteiger partial charge in [0.15, 0.2) is 23.0 Å². The van der Waals surface area contributed by atoms with Gasteiger partial charge in [-0.05, 0) is 17.7 Å². The van der Waals surface area contributed by atoms with Crippen molar-refractivity contribution in [3.63, 3.8) is 0 Å². The predicted molar refractivity (Wildman–Crippen MR) is 82.9 cm³/mol. The van der Waals surface area contributed by atoms with Crippen LogP contribution in [0.1, 0.15) is 11.1 Å². The summed E-state index contributed by atoms with van der Waals surface area (Å²) in [5.41, 5.74) is 1.36. The van der Waals surface area contributed by atoms with Gasteiger partial charge in [-0.25, -0.2) is 4.39 Å². The molecule has 118 valence electrons. The number of oxime groups is 1. The van der Waals surface area contributed by atoms with E-state index in [4.69, 9.17) is 14.7 Å². The second-order valence-electron chi connectivity index (χ2n) is 4.45. The van der Waals surface area contributed by atoms with Crippen LogP contribution in [-0.4, -0.2) is 19.9 Å². The first-order valence-corrected chi connectivity index (χ1v) is 6.76. The van der Waals surface area contributed by atoms with Crippen LogP contribution in [0.3, 0.4) is 0 Å². The quantitative estimate of drug-likeness (QED) is 0.606. The Morgan fingerprint density at radius 3 is 2.65 bits per heavy atom. The molecule has 0 heterocycles. The lowest BCUT2D eigenvalue weighted by Crippen LogP contribution is -2.07. The molecule has 0 atom stereocenters. The van der Waals surface area contributed by atoms with Gasteiger partial charge >= 0.3 is 0 Å². The summed E-state index contributed by atoms with van der Waals surface area (Å²) in [5, 5.41) is 12.8. The van der Waals surface area contributed by atoms with Crippen molar-refractivity contribution in [1.82, 2.24) is 0 Å². The Morgan fingerprint density at radius 1 is 1.17 bits per heavy atom. The highest BCUT2D eigenvalue weighted by atomic mass is 19.1. The molecule has 0 aromatic heterocycles. The summed E-state index contributed by atoms with van der Waals surface area (Å²) in [6.07, 6.45) is 0. The molecule has 0 fully saturated rings. The van der Waals surface area contributed by atoms with Gasteiger partial charge in [0.2, 0.25) is 0 Å². The average Bonchev–Trinajstić information content (AvgIpc) is 2.58. The summed E-state index contributed by atoms with van der Waals surface area (Å²) in [7, 11) is 2.80. The van der Waals surface area contributed by atoms with E-state index in [9.17, 15) is 4.39 Å². The van der Waals surface area contributed by atoms with Crippen molar-refractivity contribution in [2.75, 3.05) is 14.2 Å². The van der Waals surface area contributed by atoms with Crippen LogP contribution < -0.4 is 9.47 Å². The van der Waals surface area contributed by atoms with Gasteiger partial charge in [-0.1, -0.05) is 35.5 Å². The van der Waals surface area contributed by atoms with Crippen molar-refractivity contribution in [1.29, 1.82) is 5.26 Å². The van der Waals surface area contributed by atoms with Crippen LogP contribution in [0.4, 0.5) is 4.39 Å². The molecule has 0 unspecified atom stereocenters. The summed E-state index contributed by atoms with van der Waals surface area (Å²) in [6.45, 7) is 0.0535. The normalized spacial score (nSPS) is 10.8. The molecular weight excluding hydrogens is 299 g/mol. The van der Waals surface area contributed by atoms with E-state index in [1.165, 1.54) is 26.4 Å². The maximum absolute atomic E-state index is 13.9. The number of ether oxygens (including phenoxy) is 2. The standard InChI is InChI=1S/C17H15FN2O3/c1-21-16-9-5-8-14(18)17(16)23-11-12-6-3-4-7-13(12)15(10-19)20-22-2/h3-9H,11H2,1-2H3. The first-order valence-electron chi connectivity index (χ1n) is 6.76. The first-order chi connectivity index (χ1) is 11.2. The molecule has 6 heteroatoms. The van der Waals surface area contributed by atoms with Gasteiger partial charge in [0.05, 0.1) is 7.11 Å². The van der Waals surface area contributed by atoms with E-state index in [0.29, 0.717) is 16.9 Å². The largest absolute Gasteiger partial charge is 0.493 e.